The Hall–Kier alpha value is -2.90. The zero-order chi connectivity index (χ0) is 17.9. The van der Waals surface area contributed by atoms with Gasteiger partial charge in [0.1, 0.15) is 7.05 Å². The number of aromatic nitrogens is 1. The van der Waals surface area contributed by atoms with Gasteiger partial charge in [0, 0.05) is 33.8 Å². The molecule has 4 aromatic rings. The third-order valence-corrected chi connectivity index (χ3v) is 4.96. The summed E-state index contributed by atoms with van der Waals surface area (Å²) in [7, 11) is 2.11. The molecule has 3 aromatic carbocycles. The summed E-state index contributed by atoms with van der Waals surface area (Å²) < 4.78 is 2.24. The molecule has 1 heterocycles. The summed E-state index contributed by atoms with van der Waals surface area (Å²) in [6.45, 7) is 0. The van der Waals surface area contributed by atoms with Gasteiger partial charge in [-0.15, -0.1) is 0 Å². The molecule has 0 unspecified atom stereocenters. The fraction of sp³-hybridized carbons (Fsp3) is 0.0417. The van der Waals surface area contributed by atoms with Crippen LogP contribution in [0.3, 0.4) is 0 Å². The number of hydrogen-bond acceptors (Lipinski definition) is 0. The molecule has 1 nitrogen and oxygen atoms in total. The van der Waals surface area contributed by atoms with Gasteiger partial charge < -0.3 is 0 Å². The van der Waals surface area contributed by atoms with Gasteiger partial charge in [-0.25, -0.2) is 0 Å². The predicted molar refractivity (Wildman–Crippen MR) is 109 cm³/mol. The third kappa shape index (κ3) is 3.14. The molecule has 0 amide bonds. The number of nitrogens with zero attached hydrogens (tertiary/aromatic N) is 1. The average Bonchev–Trinajstić information content (AvgIpc) is 2.70. The molecule has 26 heavy (non-hydrogen) atoms. The van der Waals surface area contributed by atoms with Crippen molar-refractivity contribution in [2.24, 2.45) is 7.05 Å². The molecule has 0 saturated heterocycles. The minimum Gasteiger partial charge on any atom is -0.194 e. The van der Waals surface area contributed by atoms with Gasteiger partial charge in [-0.2, -0.15) is 4.57 Å². The third-order valence-electron chi connectivity index (χ3n) is 4.63. The Morgan fingerprint density at radius 2 is 1.04 bits per heavy atom. The molecule has 0 spiro atoms. The molecule has 2 heteroatoms. The van der Waals surface area contributed by atoms with Gasteiger partial charge >= 0.3 is 0 Å². The lowest BCUT2D eigenvalue weighted by molar-refractivity contribution is -0.649. The second-order valence-electron chi connectivity index (χ2n) is 6.29. The van der Waals surface area contributed by atoms with Crippen LogP contribution in [0.2, 0.25) is 5.02 Å². The molecule has 0 aliphatic heterocycles. The topological polar surface area (TPSA) is 3.88 Å². The predicted octanol–water partition coefficient (Wildman–Crippen LogP) is 6.17. The van der Waals surface area contributed by atoms with Gasteiger partial charge in [0.15, 0.2) is 0 Å². The van der Waals surface area contributed by atoms with E-state index in [4.69, 9.17) is 11.6 Å². The highest BCUT2D eigenvalue weighted by Crippen LogP contribution is 2.32. The van der Waals surface area contributed by atoms with Gasteiger partial charge in [0.05, 0.1) is 0 Å². The van der Waals surface area contributed by atoms with Crippen molar-refractivity contribution in [1.29, 1.82) is 0 Å². The van der Waals surface area contributed by atoms with Crippen molar-refractivity contribution in [3.8, 4) is 33.6 Å². The monoisotopic (exact) mass is 356 g/mol. The van der Waals surface area contributed by atoms with Gasteiger partial charge in [-0.3, -0.25) is 0 Å². The molecule has 0 bridgehead atoms. The van der Waals surface area contributed by atoms with E-state index in [9.17, 15) is 0 Å². The van der Waals surface area contributed by atoms with Crippen LogP contribution in [0, 0.1) is 0 Å². The first-order valence-electron chi connectivity index (χ1n) is 8.64. The summed E-state index contributed by atoms with van der Waals surface area (Å²) in [4.78, 5) is 0. The van der Waals surface area contributed by atoms with E-state index in [2.05, 4.69) is 78.3 Å². The van der Waals surface area contributed by atoms with Crippen molar-refractivity contribution < 1.29 is 4.57 Å². The Balaban J connectivity index is 2.01. The van der Waals surface area contributed by atoms with E-state index in [0.29, 0.717) is 0 Å². The fourth-order valence-electron chi connectivity index (χ4n) is 3.28. The highest BCUT2D eigenvalue weighted by Gasteiger charge is 2.19. The molecule has 0 N–H and O–H groups in total. The molecule has 0 radical (unpaired) electrons. The molecular formula is C24H19ClN+. The quantitative estimate of drug-likeness (QED) is 0.387. The van der Waals surface area contributed by atoms with Crippen molar-refractivity contribution in [2.75, 3.05) is 0 Å². The fourth-order valence-corrected chi connectivity index (χ4v) is 3.53. The Morgan fingerprint density at radius 1 is 0.577 bits per heavy atom. The van der Waals surface area contributed by atoms with Gasteiger partial charge in [-0.1, -0.05) is 66.2 Å². The van der Waals surface area contributed by atoms with E-state index < -0.39 is 0 Å². The lowest BCUT2D eigenvalue weighted by Gasteiger charge is -2.11. The van der Waals surface area contributed by atoms with Crippen LogP contribution in [0.4, 0.5) is 0 Å². The van der Waals surface area contributed by atoms with Gasteiger partial charge in [0.25, 0.3) is 0 Å². The van der Waals surface area contributed by atoms with Gasteiger partial charge in [0.2, 0.25) is 11.4 Å². The molecule has 1 aromatic heterocycles. The van der Waals surface area contributed by atoms with E-state index in [-0.39, 0.29) is 0 Å². The molecule has 0 saturated carbocycles. The van der Waals surface area contributed by atoms with Crippen LogP contribution < -0.4 is 4.57 Å². The summed E-state index contributed by atoms with van der Waals surface area (Å²) >= 11 is 6.49. The van der Waals surface area contributed by atoms with Crippen LogP contribution in [-0.2, 0) is 7.05 Å². The van der Waals surface area contributed by atoms with E-state index in [1.165, 1.54) is 11.1 Å². The highest BCUT2D eigenvalue weighted by molar-refractivity contribution is 6.33. The highest BCUT2D eigenvalue weighted by atomic mass is 35.5. The van der Waals surface area contributed by atoms with Crippen LogP contribution in [0.15, 0.2) is 97.1 Å². The smallest absolute Gasteiger partial charge is 0.194 e. The van der Waals surface area contributed by atoms with E-state index >= 15 is 0 Å². The SMILES string of the molecule is C[n+]1c(-c2ccccc2)cc(-c2ccccc2Cl)cc1-c1ccccc1. The largest absolute Gasteiger partial charge is 0.213 e. The normalized spacial score (nSPS) is 10.7. The maximum atomic E-state index is 6.49. The first kappa shape index (κ1) is 16.6. The summed E-state index contributed by atoms with van der Waals surface area (Å²) in [6.07, 6.45) is 0. The maximum absolute atomic E-state index is 6.49. The molecule has 4 rings (SSSR count). The van der Waals surface area contributed by atoms with Gasteiger partial charge in [-0.05, 0) is 35.9 Å². The second kappa shape index (κ2) is 7.15. The molecule has 0 aliphatic carbocycles. The molecule has 0 atom stereocenters. The van der Waals surface area contributed by atoms with Crippen LogP contribution in [-0.4, -0.2) is 0 Å². The standard InChI is InChI=1S/C24H19ClN/c1-26-23(18-10-4-2-5-11-18)16-20(21-14-8-9-15-22(21)25)17-24(26)19-12-6-3-7-13-19/h2-17H,1H3/q+1. The summed E-state index contributed by atoms with van der Waals surface area (Å²) in [5.74, 6) is 0. The Labute approximate surface area is 159 Å². The Morgan fingerprint density at radius 3 is 1.54 bits per heavy atom. The van der Waals surface area contributed by atoms with E-state index in [1.807, 2.05) is 30.3 Å². The van der Waals surface area contributed by atoms with Crippen LogP contribution in [0.25, 0.3) is 33.6 Å². The molecule has 0 fully saturated rings. The van der Waals surface area contributed by atoms with E-state index in [1.54, 1.807) is 0 Å². The van der Waals surface area contributed by atoms with Crippen LogP contribution in [0.1, 0.15) is 0 Å². The summed E-state index contributed by atoms with van der Waals surface area (Å²) in [5, 5.41) is 0.763. The van der Waals surface area contributed by atoms with Crippen LogP contribution >= 0.6 is 11.6 Å². The molecule has 0 aliphatic rings. The van der Waals surface area contributed by atoms with Crippen molar-refractivity contribution in [2.45, 2.75) is 0 Å². The lowest BCUT2D eigenvalue weighted by Crippen LogP contribution is -2.34. The Kier molecular flexibility index (Phi) is 4.55. The molecule has 126 valence electrons. The number of halogens is 1. The van der Waals surface area contributed by atoms with Crippen LogP contribution in [0.5, 0.6) is 0 Å². The van der Waals surface area contributed by atoms with Crippen molar-refractivity contribution >= 4 is 11.6 Å². The average molecular weight is 357 g/mol. The maximum Gasteiger partial charge on any atom is 0.213 e. The van der Waals surface area contributed by atoms with Crippen molar-refractivity contribution in [1.82, 2.24) is 0 Å². The Bertz CT molecular complexity index is 980. The second-order valence-corrected chi connectivity index (χ2v) is 6.69. The minimum atomic E-state index is 0.763. The zero-order valence-corrected chi connectivity index (χ0v) is 15.3. The first-order valence-corrected chi connectivity index (χ1v) is 9.01. The van der Waals surface area contributed by atoms with Crippen molar-refractivity contribution in [3.63, 3.8) is 0 Å². The minimum absolute atomic E-state index is 0.763. The first-order chi connectivity index (χ1) is 12.7. The number of benzene rings is 3. The summed E-state index contributed by atoms with van der Waals surface area (Å²) in [6, 6.07) is 33.3. The zero-order valence-electron chi connectivity index (χ0n) is 14.6. The number of rotatable bonds is 3. The summed E-state index contributed by atoms with van der Waals surface area (Å²) in [5.41, 5.74) is 6.83. The van der Waals surface area contributed by atoms with Crippen molar-refractivity contribution in [3.05, 3.63) is 102 Å². The molecular weight excluding hydrogens is 338 g/mol. The van der Waals surface area contributed by atoms with E-state index in [0.717, 1.165) is 27.5 Å². The lowest BCUT2D eigenvalue weighted by atomic mass is 9.99. The number of pyridine rings is 1. The number of hydrogen-bond donors (Lipinski definition) is 0.